The quantitative estimate of drug-likeness (QED) is 0.175. The Bertz CT molecular complexity index is 2690. The first-order valence-corrected chi connectivity index (χ1v) is 20.6. The average Bonchev–Trinajstić information content (AvgIpc) is 3.59. The molecule has 0 amide bonds. The van der Waals surface area contributed by atoms with Gasteiger partial charge in [-0.15, -0.1) is 11.8 Å². The van der Waals surface area contributed by atoms with E-state index in [2.05, 4.69) is 174 Å². The van der Waals surface area contributed by atoms with Gasteiger partial charge in [0.25, 0.3) is 0 Å². The fraction of sp³-hybridized carbons (Fsp3) is 0.0800. The van der Waals surface area contributed by atoms with Crippen molar-refractivity contribution in [3.05, 3.63) is 202 Å². The molecule has 0 saturated carbocycles. The van der Waals surface area contributed by atoms with Crippen molar-refractivity contribution in [2.75, 3.05) is 4.90 Å². The third-order valence-electron chi connectivity index (χ3n) is 11.1. The summed E-state index contributed by atoms with van der Waals surface area (Å²) in [4.78, 5) is 17.1. The highest BCUT2D eigenvalue weighted by Gasteiger charge is 2.45. The number of anilines is 2. The maximum Gasteiger partial charge on any atom is 0.160 e. The van der Waals surface area contributed by atoms with Gasteiger partial charge in [0.1, 0.15) is 0 Å². The van der Waals surface area contributed by atoms with E-state index in [1.807, 2.05) is 36.0 Å². The summed E-state index contributed by atoms with van der Waals surface area (Å²) in [5.41, 5.74) is 11.2. The molecule has 6 aromatic carbocycles. The van der Waals surface area contributed by atoms with Gasteiger partial charge in [-0.25, -0.2) is 9.97 Å². The minimum atomic E-state index is 0.223. The molecule has 3 heterocycles. The van der Waals surface area contributed by atoms with E-state index in [1.165, 1.54) is 48.0 Å². The SMILES string of the molecule is C1=CCC2SC3=C(C=CC4c5cc6ccccc6cc5N(c5ccc(-c6cccc(-c7cc(-c8ccccc8)nc(-c8ccccc8)n7)c6)cc5)C34)SC2=C1. The van der Waals surface area contributed by atoms with E-state index >= 15 is 0 Å². The molecule has 4 aliphatic rings. The van der Waals surface area contributed by atoms with Crippen molar-refractivity contribution in [2.45, 2.75) is 23.6 Å². The molecule has 1 aromatic heterocycles. The molecule has 0 fully saturated rings. The second-order valence-electron chi connectivity index (χ2n) is 14.4. The average molecular weight is 742 g/mol. The predicted octanol–water partition coefficient (Wildman–Crippen LogP) is 13.4. The molecule has 0 bridgehead atoms. The smallest absolute Gasteiger partial charge is 0.160 e. The van der Waals surface area contributed by atoms with E-state index in [9.17, 15) is 0 Å². The highest BCUT2D eigenvalue weighted by atomic mass is 32.2. The normalized spacial score (nSPS) is 19.5. The summed E-state index contributed by atoms with van der Waals surface area (Å²) in [7, 11) is 0. The number of hydrogen-bond donors (Lipinski definition) is 0. The lowest BCUT2D eigenvalue weighted by Crippen LogP contribution is -2.34. The summed E-state index contributed by atoms with van der Waals surface area (Å²) in [5, 5.41) is 3.07. The van der Waals surface area contributed by atoms with Crippen molar-refractivity contribution in [3.8, 4) is 45.0 Å². The first-order valence-electron chi connectivity index (χ1n) is 18.9. The minimum absolute atomic E-state index is 0.223. The van der Waals surface area contributed by atoms with Crippen molar-refractivity contribution >= 4 is 45.7 Å². The number of benzene rings is 6. The van der Waals surface area contributed by atoms with Crippen LogP contribution in [0.4, 0.5) is 11.4 Å². The number of allylic oxidation sites excluding steroid dienone is 4. The number of nitrogens with zero attached hydrogens (tertiary/aromatic N) is 3. The van der Waals surface area contributed by atoms with Crippen LogP contribution in [0.3, 0.4) is 0 Å². The molecule has 3 atom stereocenters. The Balaban J connectivity index is 0.977. The Hall–Kier alpha value is -5.88. The van der Waals surface area contributed by atoms with Crippen molar-refractivity contribution in [2.24, 2.45) is 0 Å². The number of thioether (sulfide) groups is 2. The molecule has 262 valence electrons. The minimum Gasteiger partial charge on any atom is -0.332 e. The second kappa shape index (κ2) is 13.5. The Labute approximate surface area is 329 Å². The Kier molecular flexibility index (Phi) is 7.96. The second-order valence-corrected chi connectivity index (χ2v) is 16.8. The number of fused-ring (bicyclic) bond motifs is 6. The molecule has 3 nitrogen and oxygen atoms in total. The standard InChI is InChI=1S/C50H35N3S2/c1-3-12-33(13-4-1)42-31-43(52-50(51-42)34-14-5-2-6-15-34)38-19-11-18-35(28-38)32-22-24-39(25-23-32)53-44-30-37-17-8-7-16-36(37)29-41(44)40-26-27-47-49(48(40)53)55-46-21-10-9-20-45(46)54-47/h1-20,22-31,40,46,48H,21H2. The van der Waals surface area contributed by atoms with Gasteiger partial charge < -0.3 is 4.90 Å². The summed E-state index contributed by atoms with van der Waals surface area (Å²) >= 11 is 4.06. The Morgan fingerprint density at radius 2 is 1.29 bits per heavy atom. The fourth-order valence-corrected chi connectivity index (χ4v) is 11.3. The van der Waals surface area contributed by atoms with Crippen LogP contribution in [0.2, 0.25) is 0 Å². The molecule has 0 radical (unpaired) electrons. The van der Waals surface area contributed by atoms with Gasteiger partial charge in [-0.1, -0.05) is 157 Å². The van der Waals surface area contributed by atoms with E-state index < -0.39 is 0 Å². The molecule has 11 rings (SSSR count). The van der Waals surface area contributed by atoms with Crippen molar-refractivity contribution in [3.63, 3.8) is 0 Å². The van der Waals surface area contributed by atoms with Gasteiger partial charge in [-0.05, 0) is 70.3 Å². The molecule has 7 aromatic rings. The zero-order valence-electron chi connectivity index (χ0n) is 29.9. The van der Waals surface area contributed by atoms with Crippen LogP contribution in [0.15, 0.2) is 197 Å². The summed E-state index contributed by atoms with van der Waals surface area (Å²) in [6, 6.07) is 54.6. The molecule has 0 spiro atoms. The molecule has 2 aliphatic heterocycles. The summed E-state index contributed by atoms with van der Waals surface area (Å²) < 4.78 is 0. The predicted molar refractivity (Wildman–Crippen MR) is 233 cm³/mol. The molecule has 55 heavy (non-hydrogen) atoms. The van der Waals surface area contributed by atoms with Gasteiger partial charge in [0, 0.05) is 53.9 Å². The zero-order chi connectivity index (χ0) is 36.3. The van der Waals surface area contributed by atoms with Crippen LogP contribution in [0.25, 0.3) is 55.8 Å². The first kappa shape index (κ1) is 32.5. The zero-order valence-corrected chi connectivity index (χ0v) is 31.6. The van der Waals surface area contributed by atoms with Crippen LogP contribution in [0, 0.1) is 0 Å². The van der Waals surface area contributed by atoms with Crippen LogP contribution in [-0.4, -0.2) is 21.3 Å². The van der Waals surface area contributed by atoms with E-state index in [0.717, 1.165) is 45.9 Å². The van der Waals surface area contributed by atoms with Crippen LogP contribution >= 0.6 is 23.5 Å². The van der Waals surface area contributed by atoms with Gasteiger partial charge in [-0.2, -0.15) is 0 Å². The van der Waals surface area contributed by atoms with E-state index in [1.54, 1.807) is 0 Å². The van der Waals surface area contributed by atoms with Crippen LogP contribution < -0.4 is 4.90 Å². The lowest BCUT2D eigenvalue weighted by Gasteiger charge is -2.39. The first-order chi connectivity index (χ1) is 27.2. The van der Waals surface area contributed by atoms with E-state index in [4.69, 9.17) is 9.97 Å². The third kappa shape index (κ3) is 5.78. The maximum absolute atomic E-state index is 5.10. The van der Waals surface area contributed by atoms with Crippen LogP contribution in [0.5, 0.6) is 0 Å². The number of aromatic nitrogens is 2. The summed E-state index contributed by atoms with van der Waals surface area (Å²) in [5.74, 6) is 1.02. The fourth-order valence-electron chi connectivity index (χ4n) is 8.44. The molecule has 0 N–H and O–H groups in total. The Morgan fingerprint density at radius 1 is 0.600 bits per heavy atom. The largest absolute Gasteiger partial charge is 0.332 e. The number of hydrogen-bond acceptors (Lipinski definition) is 5. The topological polar surface area (TPSA) is 29.0 Å². The monoisotopic (exact) mass is 741 g/mol. The van der Waals surface area contributed by atoms with Crippen molar-refractivity contribution < 1.29 is 0 Å². The van der Waals surface area contributed by atoms with Crippen LogP contribution in [0.1, 0.15) is 17.9 Å². The van der Waals surface area contributed by atoms with Gasteiger partial charge in [0.15, 0.2) is 5.82 Å². The lowest BCUT2D eigenvalue weighted by atomic mass is 9.90. The molecule has 0 saturated heterocycles. The molecule has 5 heteroatoms. The van der Waals surface area contributed by atoms with Gasteiger partial charge >= 0.3 is 0 Å². The van der Waals surface area contributed by atoms with Gasteiger partial charge in [-0.3, -0.25) is 0 Å². The summed E-state index contributed by atoms with van der Waals surface area (Å²) in [6.07, 6.45) is 12.8. The van der Waals surface area contributed by atoms with Crippen molar-refractivity contribution in [1.82, 2.24) is 9.97 Å². The molecule has 3 unspecified atom stereocenters. The van der Waals surface area contributed by atoms with Crippen molar-refractivity contribution in [1.29, 1.82) is 0 Å². The Morgan fingerprint density at radius 3 is 2.09 bits per heavy atom. The van der Waals surface area contributed by atoms with E-state index in [-0.39, 0.29) is 6.04 Å². The highest BCUT2D eigenvalue weighted by molar-refractivity contribution is 8.13. The molecular formula is C50H35N3S2. The third-order valence-corrected chi connectivity index (χ3v) is 14.1. The highest BCUT2D eigenvalue weighted by Crippen LogP contribution is 2.59. The van der Waals surface area contributed by atoms with Gasteiger partial charge in [0.05, 0.1) is 17.4 Å². The van der Waals surface area contributed by atoms with Crippen LogP contribution in [-0.2, 0) is 0 Å². The number of rotatable bonds is 5. The summed E-state index contributed by atoms with van der Waals surface area (Å²) in [6.45, 7) is 0. The van der Waals surface area contributed by atoms with Gasteiger partial charge in [0.2, 0.25) is 0 Å². The maximum atomic E-state index is 5.10. The molecular weight excluding hydrogens is 707 g/mol. The lowest BCUT2D eigenvalue weighted by molar-refractivity contribution is 0.732. The van der Waals surface area contributed by atoms with E-state index in [0.29, 0.717) is 11.2 Å². The molecule has 2 aliphatic carbocycles.